The van der Waals surface area contributed by atoms with Crippen LogP contribution < -0.4 is 0 Å². The summed E-state index contributed by atoms with van der Waals surface area (Å²) in [6.07, 6.45) is 2.55. The summed E-state index contributed by atoms with van der Waals surface area (Å²) >= 11 is 3.41. The maximum atomic E-state index is 10.4. The van der Waals surface area contributed by atoms with Gasteiger partial charge in [-0.15, -0.1) is 0 Å². The Balaban J connectivity index is 2.32. The molecule has 0 aliphatic heterocycles. The summed E-state index contributed by atoms with van der Waals surface area (Å²) in [5, 5.41) is 18.7. The molecule has 2 heterocycles. The fraction of sp³-hybridized carbons (Fsp3) is 0.455. The third kappa shape index (κ3) is 2.47. The van der Waals surface area contributed by atoms with Gasteiger partial charge in [-0.25, -0.2) is 0 Å². The number of halogens is 1. The molecule has 1 unspecified atom stereocenters. The standard InChI is InChI=1S/C11H15BrN4O2/c1-15-9(3-4-13-15)11(17)10-8(12)7-14-16(10)5-6-18-2/h3-4,7,11,17H,5-6H2,1-2H3. The van der Waals surface area contributed by atoms with E-state index in [1.165, 1.54) is 0 Å². The van der Waals surface area contributed by atoms with E-state index in [4.69, 9.17) is 4.74 Å². The molecule has 98 valence electrons. The number of methoxy groups -OCH3 is 1. The predicted octanol–water partition coefficient (Wildman–Crippen LogP) is 1.11. The van der Waals surface area contributed by atoms with E-state index in [9.17, 15) is 5.11 Å². The maximum absolute atomic E-state index is 10.4. The number of ether oxygens (including phenoxy) is 1. The number of nitrogens with zero attached hydrogens (tertiary/aromatic N) is 4. The van der Waals surface area contributed by atoms with Gasteiger partial charge in [0.1, 0.15) is 6.10 Å². The van der Waals surface area contributed by atoms with Crippen molar-refractivity contribution in [1.29, 1.82) is 0 Å². The molecule has 0 amide bonds. The second-order valence-corrected chi connectivity index (χ2v) is 4.73. The minimum Gasteiger partial charge on any atom is -0.383 e. The van der Waals surface area contributed by atoms with Crippen molar-refractivity contribution in [2.24, 2.45) is 7.05 Å². The van der Waals surface area contributed by atoms with Crippen molar-refractivity contribution >= 4 is 15.9 Å². The van der Waals surface area contributed by atoms with E-state index in [0.29, 0.717) is 18.8 Å². The van der Waals surface area contributed by atoms with Gasteiger partial charge in [0.25, 0.3) is 0 Å². The third-order valence-corrected chi connectivity index (χ3v) is 3.35. The monoisotopic (exact) mass is 314 g/mol. The number of aliphatic hydroxyl groups excluding tert-OH is 1. The van der Waals surface area contributed by atoms with Crippen molar-refractivity contribution in [3.05, 3.63) is 34.3 Å². The zero-order valence-electron chi connectivity index (χ0n) is 10.2. The van der Waals surface area contributed by atoms with Crippen molar-refractivity contribution < 1.29 is 9.84 Å². The molecule has 2 aromatic heterocycles. The molecule has 7 heteroatoms. The Hall–Kier alpha value is -1.18. The molecule has 1 N–H and O–H groups in total. The summed E-state index contributed by atoms with van der Waals surface area (Å²) in [5.74, 6) is 0. The Labute approximate surface area is 113 Å². The Kier molecular flexibility index (Phi) is 4.15. The van der Waals surface area contributed by atoms with Crippen molar-refractivity contribution in [2.75, 3.05) is 13.7 Å². The summed E-state index contributed by atoms with van der Waals surface area (Å²) in [5.41, 5.74) is 1.42. The molecular weight excluding hydrogens is 300 g/mol. The summed E-state index contributed by atoms with van der Waals surface area (Å²) < 4.78 is 9.17. The summed E-state index contributed by atoms with van der Waals surface area (Å²) in [6.45, 7) is 1.13. The van der Waals surface area contributed by atoms with Crippen molar-refractivity contribution in [3.8, 4) is 0 Å². The summed E-state index contributed by atoms with van der Waals surface area (Å²) in [6, 6.07) is 1.78. The first-order chi connectivity index (χ1) is 8.65. The molecule has 18 heavy (non-hydrogen) atoms. The van der Waals surface area contributed by atoms with Gasteiger partial charge >= 0.3 is 0 Å². The van der Waals surface area contributed by atoms with Crippen LogP contribution in [0.15, 0.2) is 22.9 Å². The fourth-order valence-electron chi connectivity index (χ4n) is 1.79. The van der Waals surface area contributed by atoms with Crippen LogP contribution >= 0.6 is 15.9 Å². The van der Waals surface area contributed by atoms with Gasteiger partial charge in [0, 0.05) is 20.4 Å². The lowest BCUT2D eigenvalue weighted by atomic mass is 10.2. The van der Waals surface area contributed by atoms with E-state index in [0.717, 1.165) is 10.2 Å². The first-order valence-electron chi connectivity index (χ1n) is 5.51. The van der Waals surface area contributed by atoms with Crippen LogP contribution in [0.1, 0.15) is 17.5 Å². The highest BCUT2D eigenvalue weighted by Gasteiger charge is 2.21. The van der Waals surface area contributed by atoms with E-state index in [2.05, 4.69) is 26.1 Å². The van der Waals surface area contributed by atoms with Gasteiger partial charge in [0.15, 0.2) is 0 Å². The van der Waals surface area contributed by atoms with E-state index >= 15 is 0 Å². The highest BCUT2D eigenvalue weighted by molar-refractivity contribution is 9.10. The molecule has 6 nitrogen and oxygen atoms in total. The smallest absolute Gasteiger partial charge is 0.138 e. The van der Waals surface area contributed by atoms with Crippen LogP contribution in [-0.4, -0.2) is 38.4 Å². The molecule has 0 saturated carbocycles. The van der Waals surface area contributed by atoms with Crippen LogP contribution in [0.2, 0.25) is 0 Å². The molecule has 1 atom stereocenters. The maximum Gasteiger partial charge on any atom is 0.138 e. The average Bonchev–Trinajstić information content (AvgIpc) is 2.92. The molecule has 0 bridgehead atoms. The van der Waals surface area contributed by atoms with Crippen molar-refractivity contribution in [3.63, 3.8) is 0 Å². The van der Waals surface area contributed by atoms with Gasteiger partial charge in [-0.05, 0) is 22.0 Å². The SMILES string of the molecule is COCCn1ncc(Br)c1C(O)c1ccnn1C. The highest BCUT2D eigenvalue weighted by atomic mass is 79.9. The van der Waals surface area contributed by atoms with Crippen molar-refractivity contribution in [2.45, 2.75) is 12.6 Å². The molecule has 0 saturated heterocycles. The zero-order chi connectivity index (χ0) is 13.1. The van der Waals surface area contributed by atoms with Crippen molar-refractivity contribution in [1.82, 2.24) is 19.6 Å². The molecule has 0 radical (unpaired) electrons. The number of aliphatic hydroxyl groups is 1. The molecule has 0 spiro atoms. The molecule has 2 rings (SSSR count). The number of aryl methyl sites for hydroxylation is 1. The fourth-order valence-corrected chi connectivity index (χ4v) is 2.31. The Bertz CT molecular complexity index is 523. The van der Waals surface area contributed by atoms with Crippen LogP contribution in [-0.2, 0) is 18.3 Å². The number of aromatic nitrogens is 4. The molecular formula is C11H15BrN4O2. The number of rotatable bonds is 5. The van der Waals surface area contributed by atoms with Gasteiger partial charge in [-0.1, -0.05) is 0 Å². The largest absolute Gasteiger partial charge is 0.383 e. The molecule has 0 aliphatic carbocycles. The number of hydrogen-bond donors (Lipinski definition) is 1. The minimum atomic E-state index is -0.772. The molecule has 2 aromatic rings. The zero-order valence-corrected chi connectivity index (χ0v) is 11.8. The molecule has 0 fully saturated rings. The van der Waals surface area contributed by atoms with Crippen LogP contribution in [0.25, 0.3) is 0 Å². The Morgan fingerprint density at radius 2 is 2.28 bits per heavy atom. The summed E-state index contributed by atoms with van der Waals surface area (Å²) in [7, 11) is 3.43. The predicted molar refractivity (Wildman–Crippen MR) is 69.1 cm³/mol. The quantitative estimate of drug-likeness (QED) is 0.898. The van der Waals surface area contributed by atoms with Crippen LogP contribution in [0.4, 0.5) is 0 Å². The molecule has 0 aliphatic rings. The van der Waals surface area contributed by atoms with E-state index in [-0.39, 0.29) is 0 Å². The number of hydrogen-bond acceptors (Lipinski definition) is 4. The van der Waals surface area contributed by atoms with Gasteiger partial charge < -0.3 is 9.84 Å². The first-order valence-corrected chi connectivity index (χ1v) is 6.30. The third-order valence-electron chi connectivity index (χ3n) is 2.74. The van der Waals surface area contributed by atoms with Gasteiger partial charge in [0.2, 0.25) is 0 Å². The van der Waals surface area contributed by atoms with E-state index < -0.39 is 6.10 Å². The van der Waals surface area contributed by atoms with Gasteiger partial charge in [0.05, 0.1) is 35.2 Å². The van der Waals surface area contributed by atoms with Crippen LogP contribution in [0.5, 0.6) is 0 Å². The Morgan fingerprint density at radius 1 is 1.50 bits per heavy atom. The highest BCUT2D eigenvalue weighted by Crippen LogP contribution is 2.27. The van der Waals surface area contributed by atoms with Crippen LogP contribution in [0.3, 0.4) is 0 Å². The average molecular weight is 315 g/mol. The second-order valence-electron chi connectivity index (χ2n) is 3.88. The topological polar surface area (TPSA) is 65.1 Å². The normalized spacial score (nSPS) is 12.9. The lowest BCUT2D eigenvalue weighted by Crippen LogP contribution is -2.15. The van der Waals surface area contributed by atoms with Gasteiger partial charge in [-0.2, -0.15) is 10.2 Å². The second kappa shape index (κ2) is 5.64. The Morgan fingerprint density at radius 3 is 2.89 bits per heavy atom. The van der Waals surface area contributed by atoms with Gasteiger partial charge in [-0.3, -0.25) is 9.36 Å². The lowest BCUT2D eigenvalue weighted by molar-refractivity contribution is 0.168. The van der Waals surface area contributed by atoms with E-state index in [1.54, 1.807) is 42.0 Å². The summed E-state index contributed by atoms with van der Waals surface area (Å²) in [4.78, 5) is 0. The van der Waals surface area contributed by atoms with E-state index in [1.807, 2.05) is 0 Å². The molecule has 0 aromatic carbocycles. The lowest BCUT2D eigenvalue weighted by Gasteiger charge is -2.14. The minimum absolute atomic E-state index is 0.541. The van der Waals surface area contributed by atoms with Crippen LogP contribution in [0, 0.1) is 0 Å². The first kappa shape index (κ1) is 13.3.